The van der Waals surface area contributed by atoms with Crippen LogP contribution in [0, 0.1) is 5.92 Å². The highest BCUT2D eigenvalue weighted by Gasteiger charge is 2.15. The third kappa shape index (κ3) is 2.79. The van der Waals surface area contributed by atoms with E-state index < -0.39 is 0 Å². The van der Waals surface area contributed by atoms with Crippen molar-refractivity contribution in [2.45, 2.75) is 25.8 Å². The van der Waals surface area contributed by atoms with Crippen LogP contribution in [-0.4, -0.2) is 29.3 Å². The van der Waals surface area contributed by atoms with E-state index in [0.717, 1.165) is 37.9 Å². The summed E-state index contributed by atoms with van der Waals surface area (Å²) in [7, 11) is 0. The lowest BCUT2D eigenvalue weighted by atomic mass is 10.0. The molecule has 0 unspecified atom stereocenters. The van der Waals surface area contributed by atoms with Crippen molar-refractivity contribution in [3.63, 3.8) is 0 Å². The Labute approximate surface area is 90.4 Å². The Hall–Kier alpha value is -0.870. The zero-order valence-corrected chi connectivity index (χ0v) is 9.06. The van der Waals surface area contributed by atoms with Crippen molar-refractivity contribution >= 4 is 0 Å². The summed E-state index contributed by atoms with van der Waals surface area (Å²) >= 11 is 0. The smallest absolute Gasteiger partial charge is 0.109 e. The van der Waals surface area contributed by atoms with Gasteiger partial charge in [-0.05, 0) is 25.3 Å². The van der Waals surface area contributed by atoms with Gasteiger partial charge in [-0.1, -0.05) is 0 Å². The molecule has 0 bridgehead atoms. The molecule has 1 aliphatic heterocycles. The fourth-order valence-corrected chi connectivity index (χ4v) is 2.07. The second kappa shape index (κ2) is 5.28. The number of nitrogens with two attached hydrogens (primary N) is 1. The average Bonchev–Trinajstić information content (AvgIpc) is 2.68. The van der Waals surface area contributed by atoms with E-state index >= 15 is 0 Å². The summed E-state index contributed by atoms with van der Waals surface area (Å²) in [6.45, 7) is 3.56. The normalized spacial score (nSPS) is 18.2. The van der Waals surface area contributed by atoms with Crippen LogP contribution in [0.1, 0.15) is 18.7 Å². The number of hydrogen-bond acceptors (Lipinski definition) is 3. The number of hydrogen-bond donors (Lipinski definition) is 1. The summed E-state index contributed by atoms with van der Waals surface area (Å²) in [5.41, 5.74) is 5.55. The summed E-state index contributed by atoms with van der Waals surface area (Å²) in [6, 6.07) is 0. The van der Waals surface area contributed by atoms with Crippen LogP contribution in [0.2, 0.25) is 0 Å². The lowest BCUT2D eigenvalue weighted by Crippen LogP contribution is -2.21. The van der Waals surface area contributed by atoms with E-state index in [1.54, 1.807) is 0 Å². The molecule has 0 aromatic carbocycles. The van der Waals surface area contributed by atoms with Gasteiger partial charge in [-0.25, -0.2) is 4.98 Å². The molecule has 0 spiro atoms. The molecule has 0 aliphatic carbocycles. The summed E-state index contributed by atoms with van der Waals surface area (Å²) < 4.78 is 7.59. The fraction of sp³-hybridized carbons (Fsp3) is 0.727. The maximum absolute atomic E-state index is 5.55. The summed E-state index contributed by atoms with van der Waals surface area (Å²) in [6.07, 6.45) is 7.13. The minimum Gasteiger partial charge on any atom is -0.381 e. The Kier molecular flexibility index (Phi) is 3.75. The molecule has 0 amide bonds. The van der Waals surface area contributed by atoms with Gasteiger partial charge in [0.2, 0.25) is 0 Å². The molecule has 0 saturated carbocycles. The van der Waals surface area contributed by atoms with Crippen molar-refractivity contribution in [1.29, 1.82) is 0 Å². The molecule has 1 aromatic rings. The minimum atomic E-state index is 0.671. The van der Waals surface area contributed by atoms with Gasteiger partial charge >= 0.3 is 0 Å². The molecule has 15 heavy (non-hydrogen) atoms. The Morgan fingerprint density at radius 3 is 3.00 bits per heavy atom. The summed E-state index contributed by atoms with van der Waals surface area (Å²) in [5, 5.41) is 0. The van der Waals surface area contributed by atoms with Crippen LogP contribution in [-0.2, 0) is 17.7 Å². The van der Waals surface area contributed by atoms with Crippen molar-refractivity contribution in [1.82, 2.24) is 9.55 Å². The molecule has 4 heteroatoms. The number of nitrogens with zero attached hydrogens (tertiary/aromatic N) is 2. The third-order valence-corrected chi connectivity index (χ3v) is 2.97. The lowest BCUT2D eigenvalue weighted by molar-refractivity contribution is 0.0610. The van der Waals surface area contributed by atoms with Crippen LogP contribution in [0.3, 0.4) is 0 Å². The summed E-state index contributed by atoms with van der Waals surface area (Å²) in [4.78, 5) is 4.32. The molecule has 4 nitrogen and oxygen atoms in total. The second-order valence-corrected chi connectivity index (χ2v) is 4.09. The summed E-state index contributed by atoms with van der Waals surface area (Å²) in [5.74, 6) is 1.86. The topological polar surface area (TPSA) is 53.1 Å². The SMILES string of the molecule is NCCc1nccn1CC1CCOCC1. The van der Waals surface area contributed by atoms with Crippen molar-refractivity contribution in [2.75, 3.05) is 19.8 Å². The monoisotopic (exact) mass is 209 g/mol. The Balaban J connectivity index is 1.93. The van der Waals surface area contributed by atoms with Crippen LogP contribution in [0.4, 0.5) is 0 Å². The van der Waals surface area contributed by atoms with Gasteiger partial charge in [0, 0.05) is 38.6 Å². The van der Waals surface area contributed by atoms with Gasteiger partial charge in [0.25, 0.3) is 0 Å². The maximum atomic E-state index is 5.55. The highest BCUT2D eigenvalue weighted by molar-refractivity contribution is 4.93. The van der Waals surface area contributed by atoms with Gasteiger partial charge in [-0.2, -0.15) is 0 Å². The molecule has 0 atom stereocenters. The predicted octanol–water partition coefficient (Wildman–Crippen LogP) is 0.811. The first-order valence-electron chi connectivity index (χ1n) is 5.68. The van der Waals surface area contributed by atoms with Gasteiger partial charge in [0.15, 0.2) is 0 Å². The number of rotatable bonds is 4. The standard InChI is InChI=1S/C11H19N3O/c12-4-1-11-13-5-6-14(11)9-10-2-7-15-8-3-10/h5-6,10H,1-4,7-9,12H2. The van der Waals surface area contributed by atoms with Crippen molar-refractivity contribution in [3.05, 3.63) is 18.2 Å². The highest BCUT2D eigenvalue weighted by atomic mass is 16.5. The molecule has 0 radical (unpaired) electrons. The predicted molar refractivity (Wildman–Crippen MR) is 58.5 cm³/mol. The second-order valence-electron chi connectivity index (χ2n) is 4.09. The first-order valence-corrected chi connectivity index (χ1v) is 5.68. The van der Waals surface area contributed by atoms with Crippen molar-refractivity contribution in [2.24, 2.45) is 11.7 Å². The molecule has 2 rings (SSSR count). The van der Waals surface area contributed by atoms with Crippen LogP contribution in [0.15, 0.2) is 12.4 Å². The zero-order valence-electron chi connectivity index (χ0n) is 9.06. The van der Waals surface area contributed by atoms with Gasteiger partial charge in [-0.15, -0.1) is 0 Å². The quantitative estimate of drug-likeness (QED) is 0.798. The maximum Gasteiger partial charge on any atom is 0.109 e. The molecule has 2 N–H and O–H groups in total. The van der Waals surface area contributed by atoms with E-state index in [0.29, 0.717) is 6.54 Å². The number of imidazole rings is 1. The lowest BCUT2D eigenvalue weighted by Gasteiger charge is -2.23. The van der Waals surface area contributed by atoms with E-state index in [1.165, 1.54) is 12.8 Å². The fourth-order valence-electron chi connectivity index (χ4n) is 2.07. The number of ether oxygens (including phenoxy) is 1. The van der Waals surface area contributed by atoms with E-state index in [9.17, 15) is 0 Å². The average molecular weight is 209 g/mol. The molecule has 1 saturated heterocycles. The van der Waals surface area contributed by atoms with Gasteiger partial charge in [0.05, 0.1) is 0 Å². The molecule has 1 aromatic heterocycles. The van der Waals surface area contributed by atoms with E-state index in [-0.39, 0.29) is 0 Å². The molecular weight excluding hydrogens is 190 g/mol. The molecule has 2 heterocycles. The molecule has 1 aliphatic rings. The van der Waals surface area contributed by atoms with Crippen LogP contribution < -0.4 is 5.73 Å². The highest BCUT2D eigenvalue weighted by Crippen LogP contribution is 2.17. The third-order valence-electron chi connectivity index (χ3n) is 2.97. The van der Waals surface area contributed by atoms with E-state index in [4.69, 9.17) is 10.5 Å². The van der Waals surface area contributed by atoms with Crippen molar-refractivity contribution < 1.29 is 4.74 Å². The largest absolute Gasteiger partial charge is 0.381 e. The van der Waals surface area contributed by atoms with Gasteiger partial charge in [-0.3, -0.25) is 0 Å². The van der Waals surface area contributed by atoms with Crippen LogP contribution in [0.25, 0.3) is 0 Å². The Bertz CT molecular complexity index is 292. The van der Waals surface area contributed by atoms with E-state index in [1.807, 2.05) is 6.20 Å². The van der Waals surface area contributed by atoms with Crippen molar-refractivity contribution in [3.8, 4) is 0 Å². The molecule has 84 valence electrons. The first kappa shape index (κ1) is 10.6. The van der Waals surface area contributed by atoms with E-state index in [2.05, 4.69) is 15.7 Å². The zero-order chi connectivity index (χ0) is 10.5. The van der Waals surface area contributed by atoms with Gasteiger partial charge < -0.3 is 15.0 Å². The molecular formula is C11H19N3O. The van der Waals surface area contributed by atoms with Crippen LogP contribution >= 0.6 is 0 Å². The van der Waals surface area contributed by atoms with Crippen LogP contribution in [0.5, 0.6) is 0 Å². The Morgan fingerprint density at radius 2 is 2.27 bits per heavy atom. The first-order chi connectivity index (χ1) is 7.40. The van der Waals surface area contributed by atoms with Gasteiger partial charge in [0.1, 0.15) is 5.82 Å². The molecule has 1 fully saturated rings. The minimum absolute atomic E-state index is 0.671. The Morgan fingerprint density at radius 1 is 1.47 bits per heavy atom. The number of aromatic nitrogens is 2.